The van der Waals surface area contributed by atoms with Gasteiger partial charge in [0.2, 0.25) is 11.8 Å². The van der Waals surface area contributed by atoms with E-state index in [1.807, 2.05) is 20.8 Å². The van der Waals surface area contributed by atoms with Crippen molar-refractivity contribution in [2.75, 3.05) is 19.6 Å². The van der Waals surface area contributed by atoms with Gasteiger partial charge in [-0.2, -0.15) is 0 Å². The van der Waals surface area contributed by atoms with E-state index in [1.54, 1.807) is 12.1 Å². The predicted molar refractivity (Wildman–Crippen MR) is 83.7 cm³/mol. The van der Waals surface area contributed by atoms with Crippen LogP contribution in [0.5, 0.6) is 0 Å². The summed E-state index contributed by atoms with van der Waals surface area (Å²) in [4.78, 5) is 23.0. The van der Waals surface area contributed by atoms with Gasteiger partial charge in [0.1, 0.15) is 5.82 Å². The number of amides is 2. The van der Waals surface area contributed by atoms with Gasteiger partial charge in [0, 0.05) is 12.6 Å². The highest BCUT2D eigenvalue weighted by Crippen LogP contribution is 2.21. The number of likely N-dealkylation sites (N-methyl/N-ethyl adjacent to an activating group) is 1. The molecule has 22 heavy (non-hydrogen) atoms. The van der Waals surface area contributed by atoms with E-state index in [1.165, 1.54) is 12.1 Å². The second kappa shape index (κ2) is 9.15. The van der Waals surface area contributed by atoms with Crippen molar-refractivity contribution in [3.8, 4) is 0 Å². The summed E-state index contributed by atoms with van der Waals surface area (Å²) in [6, 6.07) is 6.17. The zero-order valence-corrected chi connectivity index (χ0v) is 13.3. The number of carbonyl (C=O) groups excluding carboxylic acids is 2. The molecule has 0 aliphatic carbocycles. The van der Waals surface area contributed by atoms with Gasteiger partial charge in [-0.25, -0.2) is 4.39 Å². The highest BCUT2D eigenvalue weighted by Gasteiger charge is 2.16. The SMILES string of the molecule is CCNC(=O)CNC(=O)CN[C@H](c1ccc(F)cc1)C(C)C. The summed E-state index contributed by atoms with van der Waals surface area (Å²) in [7, 11) is 0. The number of rotatable bonds is 8. The molecule has 3 N–H and O–H groups in total. The Morgan fingerprint density at radius 1 is 1.05 bits per heavy atom. The van der Waals surface area contributed by atoms with Crippen molar-refractivity contribution in [3.63, 3.8) is 0 Å². The minimum atomic E-state index is -0.286. The molecule has 1 rings (SSSR count). The zero-order valence-electron chi connectivity index (χ0n) is 13.3. The average molecular weight is 309 g/mol. The molecule has 0 saturated heterocycles. The number of benzene rings is 1. The molecule has 0 aliphatic rings. The van der Waals surface area contributed by atoms with Crippen LogP contribution in [-0.2, 0) is 9.59 Å². The van der Waals surface area contributed by atoms with E-state index in [-0.39, 0.29) is 42.7 Å². The standard InChI is InChI=1S/C16H24FN3O2/c1-4-18-14(21)9-19-15(22)10-20-16(11(2)3)12-5-7-13(17)8-6-12/h5-8,11,16,20H,4,9-10H2,1-3H3,(H,18,21)(H,19,22)/t16-/m0/s1. The molecule has 0 spiro atoms. The predicted octanol–water partition coefficient (Wildman–Crippen LogP) is 1.36. The molecule has 1 atom stereocenters. The van der Waals surface area contributed by atoms with Crippen molar-refractivity contribution in [2.45, 2.75) is 26.8 Å². The molecule has 0 aliphatic heterocycles. The first-order valence-corrected chi connectivity index (χ1v) is 7.46. The number of halogens is 1. The molecule has 0 fully saturated rings. The Balaban J connectivity index is 2.49. The molecule has 1 aromatic carbocycles. The minimum Gasteiger partial charge on any atom is -0.355 e. The summed E-state index contributed by atoms with van der Waals surface area (Å²) >= 11 is 0. The molecule has 5 nitrogen and oxygen atoms in total. The van der Waals surface area contributed by atoms with E-state index in [2.05, 4.69) is 16.0 Å². The molecule has 0 heterocycles. The van der Waals surface area contributed by atoms with E-state index in [0.717, 1.165) is 5.56 Å². The van der Waals surface area contributed by atoms with Crippen molar-refractivity contribution in [2.24, 2.45) is 5.92 Å². The maximum absolute atomic E-state index is 13.0. The summed E-state index contributed by atoms with van der Waals surface area (Å²) in [5.41, 5.74) is 0.924. The van der Waals surface area contributed by atoms with Crippen LogP contribution in [-0.4, -0.2) is 31.4 Å². The Labute approximate surface area is 130 Å². The Morgan fingerprint density at radius 2 is 1.64 bits per heavy atom. The van der Waals surface area contributed by atoms with Crippen LogP contribution >= 0.6 is 0 Å². The summed E-state index contributed by atoms with van der Waals surface area (Å²) in [6.45, 7) is 6.46. The highest BCUT2D eigenvalue weighted by molar-refractivity contribution is 5.85. The van der Waals surface area contributed by atoms with Gasteiger partial charge < -0.3 is 16.0 Å². The van der Waals surface area contributed by atoms with Gasteiger partial charge in [-0.15, -0.1) is 0 Å². The maximum atomic E-state index is 13.0. The van der Waals surface area contributed by atoms with Gasteiger partial charge in [-0.3, -0.25) is 9.59 Å². The van der Waals surface area contributed by atoms with Crippen LogP contribution in [0.3, 0.4) is 0 Å². The second-order valence-corrected chi connectivity index (χ2v) is 5.38. The third-order valence-corrected chi connectivity index (χ3v) is 3.20. The van der Waals surface area contributed by atoms with Crippen molar-refractivity contribution in [3.05, 3.63) is 35.6 Å². The summed E-state index contributed by atoms with van der Waals surface area (Å²) in [5.74, 6) is -0.513. The maximum Gasteiger partial charge on any atom is 0.239 e. The van der Waals surface area contributed by atoms with E-state index in [4.69, 9.17) is 0 Å². The lowest BCUT2D eigenvalue weighted by Crippen LogP contribution is -2.42. The minimum absolute atomic E-state index is 0.0305. The molecule has 0 aromatic heterocycles. The second-order valence-electron chi connectivity index (χ2n) is 5.38. The topological polar surface area (TPSA) is 70.2 Å². The fourth-order valence-corrected chi connectivity index (χ4v) is 2.11. The Kier molecular flexibility index (Phi) is 7.52. The fourth-order valence-electron chi connectivity index (χ4n) is 2.11. The van der Waals surface area contributed by atoms with Gasteiger partial charge in [-0.05, 0) is 30.5 Å². The van der Waals surface area contributed by atoms with Crippen LogP contribution in [0.15, 0.2) is 24.3 Å². The Morgan fingerprint density at radius 3 is 2.18 bits per heavy atom. The van der Waals surface area contributed by atoms with Gasteiger partial charge in [0.15, 0.2) is 0 Å². The average Bonchev–Trinajstić information content (AvgIpc) is 2.47. The van der Waals surface area contributed by atoms with Crippen molar-refractivity contribution >= 4 is 11.8 Å². The quantitative estimate of drug-likeness (QED) is 0.679. The number of carbonyl (C=O) groups is 2. The lowest BCUT2D eigenvalue weighted by molar-refractivity contribution is -0.125. The zero-order chi connectivity index (χ0) is 16.5. The monoisotopic (exact) mass is 309 g/mol. The molecular weight excluding hydrogens is 285 g/mol. The summed E-state index contributed by atoms with van der Waals surface area (Å²) in [6.07, 6.45) is 0. The van der Waals surface area contributed by atoms with Crippen LogP contribution in [0.2, 0.25) is 0 Å². The first-order valence-electron chi connectivity index (χ1n) is 7.46. The molecule has 2 amide bonds. The first-order chi connectivity index (χ1) is 10.4. The molecule has 0 radical (unpaired) electrons. The van der Waals surface area contributed by atoms with E-state index in [9.17, 15) is 14.0 Å². The van der Waals surface area contributed by atoms with Crippen LogP contribution in [0.1, 0.15) is 32.4 Å². The molecule has 122 valence electrons. The Bertz CT molecular complexity index is 489. The highest BCUT2D eigenvalue weighted by atomic mass is 19.1. The largest absolute Gasteiger partial charge is 0.355 e. The summed E-state index contributed by atoms with van der Waals surface area (Å²) < 4.78 is 13.0. The van der Waals surface area contributed by atoms with Crippen molar-refractivity contribution in [1.82, 2.24) is 16.0 Å². The molecule has 0 bridgehead atoms. The van der Waals surface area contributed by atoms with E-state index < -0.39 is 0 Å². The molecule has 1 aromatic rings. The lowest BCUT2D eigenvalue weighted by Gasteiger charge is -2.22. The van der Waals surface area contributed by atoms with E-state index >= 15 is 0 Å². The third-order valence-electron chi connectivity index (χ3n) is 3.20. The third kappa shape index (κ3) is 6.22. The van der Waals surface area contributed by atoms with Crippen LogP contribution in [0.4, 0.5) is 4.39 Å². The molecular formula is C16H24FN3O2. The van der Waals surface area contributed by atoms with Crippen molar-refractivity contribution < 1.29 is 14.0 Å². The van der Waals surface area contributed by atoms with Crippen LogP contribution in [0, 0.1) is 11.7 Å². The first kappa shape index (κ1) is 18.1. The fraction of sp³-hybridized carbons (Fsp3) is 0.500. The molecule has 0 unspecified atom stereocenters. The smallest absolute Gasteiger partial charge is 0.239 e. The normalized spacial score (nSPS) is 12.0. The van der Waals surface area contributed by atoms with Crippen LogP contribution in [0.25, 0.3) is 0 Å². The molecule has 6 heteroatoms. The number of hydrogen-bond acceptors (Lipinski definition) is 3. The number of nitrogens with one attached hydrogen (secondary N) is 3. The van der Waals surface area contributed by atoms with Gasteiger partial charge in [0.25, 0.3) is 0 Å². The Hall–Kier alpha value is -1.95. The van der Waals surface area contributed by atoms with Gasteiger partial charge in [-0.1, -0.05) is 26.0 Å². The lowest BCUT2D eigenvalue weighted by atomic mass is 9.96. The summed E-state index contributed by atoms with van der Waals surface area (Å²) in [5, 5.41) is 8.30. The number of hydrogen-bond donors (Lipinski definition) is 3. The van der Waals surface area contributed by atoms with Gasteiger partial charge >= 0.3 is 0 Å². The van der Waals surface area contributed by atoms with Crippen molar-refractivity contribution in [1.29, 1.82) is 0 Å². The van der Waals surface area contributed by atoms with Crippen LogP contribution < -0.4 is 16.0 Å². The molecule has 0 saturated carbocycles. The van der Waals surface area contributed by atoms with Gasteiger partial charge in [0.05, 0.1) is 13.1 Å². The van der Waals surface area contributed by atoms with E-state index in [0.29, 0.717) is 6.54 Å².